The van der Waals surface area contributed by atoms with Crippen LogP contribution in [-0.4, -0.2) is 85.5 Å². The van der Waals surface area contributed by atoms with Gasteiger partial charge in [-0.15, -0.1) is 0 Å². The maximum Gasteiger partial charge on any atom is 0.265 e. The molecule has 47 heavy (non-hydrogen) atoms. The number of rotatable bonds is 9. The summed E-state index contributed by atoms with van der Waals surface area (Å²) in [6, 6.07) is 35.8. The van der Waals surface area contributed by atoms with E-state index in [4.69, 9.17) is 42.1 Å². The Morgan fingerprint density at radius 2 is 0.745 bits per heavy atom. The average Bonchev–Trinajstić information content (AvgIpc) is 3.07. The number of hydrogen-bond donors (Lipinski definition) is 0. The van der Waals surface area contributed by atoms with Crippen LogP contribution in [0.5, 0.6) is 0 Å². The summed E-state index contributed by atoms with van der Waals surface area (Å²) in [5.74, 6) is 0. The summed E-state index contributed by atoms with van der Waals surface area (Å²) in [5.41, 5.74) is 4.84. The second kappa shape index (κ2) is 15.9. The highest BCUT2D eigenvalue weighted by atomic mass is 32.4. The van der Waals surface area contributed by atoms with Gasteiger partial charge >= 0.3 is 0 Å². The van der Waals surface area contributed by atoms with Crippen LogP contribution in [0.2, 0.25) is 0 Å². The molecule has 0 radical (unpaired) electrons. The minimum Gasteiger partial charge on any atom is -0.412 e. The summed E-state index contributed by atoms with van der Waals surface area (Å²) in [4.78, 5) is 14.2. The zero-order chi connectivity index (χ0) is 30.5. The van der Waals surface area contributed by atoms with Gasteiger partial charge in [0.15, 0.2) is 0 Å². The molecule has 3 heterocycles. The van der Waals surface area contributed by atoms with Gasteiger partial charge in [-0.2, -0.15) is 15.3 Å². The second-order valence-corrected chi connectivity index (χ2v) is 14.2. The van der Waals surface area contributed by atoms with Crippen LogP contribution in [0.15, 0.2) is 124 Å². The molecule has 6 rings (SSSR count). The van der Waals surface area contributed by atoms with Crippen molar-refractivity contribution < 1.29 is 16.4 Å². The minimum absolute atomic E-state index is 0. The van der Waals surface area contributed by atoms with Crippen molar-refractivity contribution in [3.8, 4) is 0 Å². The second-order valence-electron chi connectivity index (χ2n) is 10.0. The number of benzene rings is 3. The Hall–Kier alpha value is -5.17. The lowest BCUT2D eigenvalue weighted by Gasteiger charge is -2.39. The SMILES string of the molecule is CN(/N=C/c1ccc2ccccc2n1)P(=S)(N(C)/N=C/c1ccc2ccccc2n1)N(C)/N=C/c1ccc2ccccc2n1.O.O.O. The number of fused-ring (bicyclic) bond motifs is 3. The van der Waals surface area contributed by atoms with E-state index in [0.29, 0.717) is 0 Å². The number of aromatic nitrogens is 3. The van der Waals surface area contributed by atoms with Gasteiger partial charge in [0.2, 0.25) is 0 Å². The molecule has 14 heteroatoms. The lowest BCUT2D eigenvalue weighted by Crippen LogP contribution is -2.29. The molecule has 0 saturated carbocycles. The maximum absolute atomic E-state index is 6.33. The van der Waals surface area contributed by atoms with Crippen molar-refractivity contribution in [1.82, 2.24) is 29.3 Å². The van der Waals surface area contributed by atoms with E-state index in [1.807, 2.05) is 130 Å². The minimum atomic E-state index is -2.89. The molecule has 0 aliphatic heterocycles. The number of nitrogens with zero attached hydrogens (tertiary/aromatic N) is 9. The van der Waals surface area contributed by atoms with Gasteiger partial charge in [0.05, 0.1) is 52.3 Å². The van der Waals surface area contributed by atoms with Crippen LogP contribution < -0.4 is 0 Å². The summed E-state index contributed by atoms with van der Waals surface area (Å²) in [7, 11) is 5.50. The van der Waals surface area contributed by atoms with E-state index in [-0.39, 0.29) is 16.4 Å². The van der Waals surface area contributed by atoms with Crippen molar-refractivity contribution in [1.29, 1.82) is 0 Å². The van der Waals surface area contributed by atoms with E-state index in [1.54, 1.807) is 33.0 Å². The fourth-order valence-corrected chi connectivity index (χ4v) is 6.72. The van der Waals surface area contributed by atoms with E-state index in [9.17, 15) is 0 Å². The zero-order valence-corrected chi connectivity index (χ0v) is 27.7. The van der Waals surface area contributed by atoms with Crippen molar-refractivity contribution >= 4 is 69.6 Å². The van der Waals surface area contributed by atoms with Crippen molar-refractivity contribution in [2.45, 2.75) is 0 Å². The fraction of sp³-hybridized carbons (Fsp3) is 0.0909. The third-order valence-electron chi connectivity index (χ3n) is 7.06. The number of pyridine rings is 3. The van der Waals surface area contributed by atoms with E-state index in [1.165, 1.54) is 0 Å². The summed E-state index contributed by atoms with van der Waals surface area (Å²) >= 11 is 6.33. The van der Waals surface area contributed by atoms with E-state index in [2.05, 4.69) is 0 Å². The Bertz CT molecular complexity index is 1880. The normalized spacial score (nSPS) is 11.5. The Kier molecular flexibility index (Phi) is 12.3. The van der Waals surface area contributed by atoms with E-state index >= 15 is 0 Å². The van der Waals surface area contributed by atoms with Crippen LogP contribution in [0.1, 0.15) is 17.1 Å². The third kappa shape index (κ3) is 7.98. The largest absolute Gasteiger partial charge is 0.412 e. The molecule has 0 aliphatic carbocycles. The van der Waals surface area contributed by atoms with Crippen molar-refractivity contribution in [2.75, 3.05) is 21.1 Å². The van der Waals surface area contributed by atoms with Crippen LogP contribution >= 0.6 is 6.49 Å². The number of hydrazone groups is 3. The highest BCUT2D eigenvalue weighted by molar-refractivity contribution is 8.11. The Morgan fingerprint density at radius 1 is 0.468 bits per heavy atom. The van der Waals surface area contributed by atoms with Crippen molar-refractivity contribution in [3.05, 3.63) is 126 Å². The molecular formula is C33H36N9O3PS. The van der Waals surface area contributed by atoms with Gasteiger partial charge in [-0.3, -0.25) is 0 Å². The van der Waals surface area contributed by atoms with E-state index < -0.39 is 6.49 Å². The molecule has 242 valence electrons. The van der Waals surface area contributed by atoms with Gasteiger partial charge in [-0.05, 0) is 48.2 Å². The van der Waals surface area contributed by atoms with Crippen LogP contribution in [-0.2, 0) is 11.8 Å². The standard InChI is InChI=1S/C33H30N9PS.3H2O/c1-40(34-22-28-19-16-25-10-4-7-13-31(25)37-28)43(44,41(2)35-23-29-20-17-26-11-5-8-14-32(26)38-29)42(3)36-24-30-21-18-27-12-6-9-15-33(27)39-30;;;/h4-24H,1-3H3;3*1H2/b34-22+,35-23+,36-24+;;;. The van der Waals surface area contributed by atoms with Crippen LogP contribution in [0.4, 0.5) is 0 Å². The number of para-hydroxylation sites is 3. The molecule has 0 bridgehead atoms. The Morgan fingerprint density at radius 3 is 1.04 bits per heavy atom. The molecule has 0 fully saturated rings. The molecule has 0 saturated heterocycles. The smallest absolute Gasteiger partial charge is 0.265 e. The lowest BCUT2D eigenvalue weighted by molar-refractivity contribution is 0.417. The van der Waals surface area contributed by atoms with Crippen molar-refractivity contribution in [3.63, 3.8) is 0 Å². The van der Waals surface area contributed by atoms with Gasteiger partial charge in [0.25, 0.3) is 6.49 Å². The molecular weight excluding hydrogens is 633 g/mol. The highest BCUT2D eigenvalue weighted by Gasteiger charge is 2.32. The summed E-state index contributed by atoms with van der Waals surface area (Å²) in [6.45, 7) is -2.89. The van der Waals surface area contributed by atoms with Gasteiger partial charge in [-0.1, -0.05) is 72.8 Å². The third-order valence-corrected chi connectivity index (χ3v) is 11.8. The molecule has 6 N–H and O–H groups in total. The first-order valence-electron chi connectivity index (χ1n) is 13.9. The first-order valence-corrected chi connectivity index (χ1v) is 16.6. The number of hydrogen-bond acceptors (Lipinski definition) is 7. The molecule has 0 aliphatic rings. The molecule has 0 unspecified atom stereocenters. The lowest BCUT2D eigenvalue weighted by atomic mass is 10.2. The van der Waals surface area contributed by atoms with Gasteiger partial charge < -0.3 is 16.4 Å². The highest BCUT2D eigenvalue weighted by Crippen LogP contribution is 2.55. The average molecular weight is 670 g/mol. The van der Waals surface area contributed by atoms with Crippen LogP contribution in [0, 0.1) is 0 Å². The van der Waals surface area contributed by atoms with Gasteiger partial charge in [0, 0.05) is 37.3 Å². The predicted octanol–water partition coefficient (Wildman–Crippen LogP) is 4.28. The molecule has 12 nitrogen and oxygen atoms in total. The zero-order valence-electron chi connectivity index (χ0n) is 26.0. The summed E-state index contributed by atoms with van der Waals surface area (Å²) < 4.78 is 5.20. The topological polar surface area (TPSA) is 180 Å². The molecule has 3 aromatic carbocycles. The molecule has 6 aromatic rings. The fourth-order valence-electron chi connectivity index (χ4n) is 4.65. The predicted molar refractivity (Wildman–Crippen MR) is 196 cm³/mol. The Labute approximate surface area is 277 Å². The van der Waals surface area contributed by atoms with E-state index in [0.717, 1.165) is 49.8 Å². The van der Waals surface area contributed by atoms with Gasteiger partial charge in [0.1, 0.15) is 0 Å². The maximum atomic E-state index is 6.33. The first-order chi connectivity index (χ1) is 21.4. The molecule has 0 atom stereocenters. The molecule has 3 aromatic heterocycles. The van der Waals surface area contributed by atoms with Crippen LogP contribution in [0.3, 0.4) is 0 Å². The quantitative estimate of drug-likeness (QED) is 0.125. The van der Waals surface area contributed by atoms with Crippen molar-refractivity contribution in [2.24, 2.45) is 15.3 Å². The molecule has 0 amide bonds. The molecule has 0 spiro atoms. The monoisotopic (exact) mass is 669 g/mol. The summed E-state index contributed by atoms with van der Waals surface area (Å²) in [6.07, 6.45) is 5.12. The van der Waals surface area contributed by atoms with Crippen LogP contribution in [0.25, 0.3) is 32.7 Å². The Balaban J connectivity index is 0.00000200. The first kappa shape index (κ1) is 36.3. The van der Waals surface area contributed by atoms with Gasteiger partial charge in [-0.25, -0.2) is 29.3 Å². The summed E-state index contributed by atoms with van der Waals surface area (Å²) in [5, 5.41) is 17.4.